The Kier molecular flexibility index (Phi) is 3.46. The van der Waals surface area contributed by atoms with Crippen LogP contribution in [0.5, 0.6) is 0 Å². The van der Waals surface area contributed by atoms with E-state index in [1.165, 1.54) is 0 Å². The summed E-state index contributed by atoms with van der Waals surface area (Å²) in [7, 11) is 0. The summed E-state index contributed by atoms with van der Waals surface area (Å²) >= 11 is 0. The van der Waals surface area contributed by atoms with E-state index in [2.05, 4.69) is 35.8 Å². The molecule has 22 heavy (non-hydrogen) atoms. The summed E-state index contributed by atoms with van der Waals surface area (Å²) in [5, 5.41) is 0. The zero-order chi connectivity index (χ0) is 14.9. The SMILES string of the molecule is Cc1cc(N2CC3CN(Cc4ncccn4)CC3C2)ncn1. The summed E-state index contributed by atoms with van der Waals surface area (Å²) in [6.07, 6.45) is 5.30. The molecule has 0 N–H and O–H groups in total. The molecule has 2 atom stereocenters. The molecule has 114 valence electrons. The maximum absolute atomic E-state index is 4.42. The minimum atomic E-state index is 0.721. The predicted molar refractivity (Wildman–Crippen MR) is 83.3 cm³/mol. The molecule has 0 radical (unpaired) electrons. The number of rotatable bonds is 3. The molecule has 2 aliphatic rings. The lowest BCUT2D eigenvalue weighted by atomic mass is 10.0. The first kappa shape index (κ1) is 13.6. The lowest BCUT2D eigenvalue weighted by Gasteiger charge is -2.21. The molecule has 2 saturated heterocycles. The first-order valence-corrected chi connectivity index (χ1v) is 7.80. The zero-order valence-corrected chi connectivity index (χ0v) is 12.8. The molecule has 0 spiro atoms. The van der Waals surface area contributed by atoms with E-state index >= 15 is 0 Å². The van der Waals surface area contributed by atoms with E-state index < -0.39 is 0 Å². The van der Waals surface area contributed by atoms with Crippen LogP contribution in [0.1, 0.15) is 11.5 Å². The molecule has 0 amide bonds. The maximum Gasteiger partial charge on any atom is 0.142 e. The molecule has 0 saturated carbocycles. The number of nitrogens with zero attached hydrogens (tertiary/aromatic N) is 6. The van der Waals surface area contributed by atoms with Crippen molar-refractivity contribution in [2.75, 3.05) is 31.1 Å². The summed E-state index contributed by atoms with van der Waals surface area (Å²) < 4.78 is 0. The highest BCUT2D eigenvalue weighted by molar-refractivity contribution is 5.40. The topological polar surface area (TPSA) is 58.0 Å². The number of fused-ring (bicyclic) bond motifs is 1. The Labute approximate surface area is 130 Å². The van der Waals surface area contributed by atoms with E-state index in [9.17, 15) is 0 Å². The summed E-state index contributed by atoms with van der Waals surface area (Å²) in [6, 6.07) is 3.94. The zero-order valence-electron chi connectivity index (χ0n) is 12.8. The molecule has 4 heterocycles. The van der Waals surface area contributed by atoms with Gasteiger partial charge in [0.25, 0.3) is 0 Å². The fraction of sp³-hybridized carbons (Fsp3) is 0.500. The van der Waals surface area contributed by atoms with Crippen molar-refractivity contribution in [1.29, 1.82) is 0 Å². The van der Waals surface area contributed by atoms with Crippen LogP contribution in [-0.4, -0.2) is 51.0 Å². The predicted octanol–water partition coefficient (Wildman–Crippen LogP) is 1.14. The average molecular weight is 296 g/mol. The van der Waals surface area contributed by atoms with Crippen LogP contribution in [0.3, 0.4) is 0 Å². The van der Waals surface area contributed by atoms with Crippen molar-refractivity contribution >= 4 is 5.82 Å². The highest BCUT2D eigenvalue weighted by Gasteiger charge is 2.40. The number of hydrogen-bond acceptors (Lipinski definition) is 6. The van der Waals surface area contributed by atoms with Gasteiger partial charge >= 0.3 is 0 Å². The van der Waals surface area contributed by atoms with Gasteiger partial charge in [0.05, 0.1) is 6.54 Å². The van der Waals surface area contributed by atoms with Gasteiger partial charge in [-0.15, -0.1) is 0 Å². The fourth-order valence-electron chi connectivity index (χ4n) is 3.63. The van der Waals surface area contributed by atoms with Crippen molar-refractivity contribution in [3.63, 3.8) is 0 Å². The molecule has 0 aromatic carbocycles. The van der Waals surface area contributed by atoms with Gasteiger partial charge in [0, 0.05) is 50.3 Å². The second-order valence-corrected chi connectivity index (χ2v) is 6.30. The largest absolute Gasteiger partial charge is 0.356 e. The van der Waals surface area contributed by atoms with E-state index in [1.807, 2.05) is 25.4 Å². The van der Waals surface area contributed by atoms with Gasteiger partial charge in [0.2, 0.25) is 0 Å². The van der Waals surface area contributed by atoms with Crippen LogP contribution in [0.4, 0.5) is 5.82 Å². The molecular formula is C16H20N6. The second kappa shape index (κ2) is 5.61. The van der Waals surface area contributed by atoms with Crippen LogP contribution < -0.4 is 4.90 Å². The van der Waals surface area contributed by atoms with E-state index in [1.54, 1.807) is 6.33 Å². The van der Waals surface area contributed by atoms with Crippen molar-refractivity contribution in [2.45, 2.75) is 13.5 Å². The van der Waals surface area contributed by atoms with Crippen molar-refractivity contribution in [3.8, 4) is 0 Å². The molecule has 2 aromatic heterocycles. The van der Waals surface area contributed by atoms with Crippen molar-refractivity contribution < 1.29 is 0 Å². The van der Waals surface area contributed by atoms with Gasteiger partial charge < -0.3 is 4.90 Å². The Balaban J connectivity index is 1.38. The maximum atomic E-state index is 4.42. The number of anilines is 1. The first-order chi connectivity index (χ1) is 10.8. The number of aromatic nitrogens is 4. The fourth-order valence-corrected chi connectivity index (χ4v) is 3.63. The Morgan fingerprint density at radius 2 is 1.73 bits per heavy atom. The monoisotopic (exact) mass is 296 g/mol. The van der Waals surface area contributed by atoms with Crippen molar-refractivity contribution in [2.24, 2.45) is 11.8 Å². The molecule has 2 unspecified atom stereocenters. The third-order valence-corrected chi connectivity index (χ3v) is 4.66. The Hall–Kier alpha value is -2.08. The first-order valence-electron chi connectivity index (χ1n) is 7.80. The Morgan fingerprint density at radius 1 is 1.00 bits per heavy atom. The third kappa shape index (κ3) is 2.66. The number of hydrogen-bond donors (Lipinski definition) is 0. The highest BCUT2D eigenvalue weighted by Crippen LogP contribution is 2.33. The molecule has 2 aliphatic heterocycles. The molecule has 0 bridgehead atoms. The molecule has 6 nitrogen and oxygen atoms in total. The Bertz CT molecular complexity index is 632. The lowest BCUT2D eigenvalue weighted by molar-refractivity contribution is 0.301. The van der Waals surface area contributed by atoms with E-state index in [0.717, 1.165) is 61.9 Å². The molecule has 4 rings (SSSR count). The summed E-state index contributed by atoms with van der Waals surface area (Å²) in [4.78, 5) is 22.1. The summed E-state index contributed by atoms with van der Waals surface area (Å²) in [6.45, 7) is 7.32. The molecule has 6 heteroatoms. The summed E-state index contributed by atoms with van der Waals surface area (Å²) in [5.74, 6) is 3.43. The van der Waals surface area contributed by atoms with E-state index in [4.69, 9.17) is 0 Å². The van der Waals surface area contributed by atoms with Gasteiger partial charge in [0.15, 0.2) is 0 Å². The standard InChI is InChI=1S/C16H20N6/c1-12-5-16(20-11-19-12)22-8-13-6-21(7-14(13)9-22)10-15-17-3-2-4-18-15/h2-5,11,13-14H,6-10H2,1H3. The van der Waals surface area contributed by atoms with Gasteiger partial charge in [0.1, 0.15) is 18.0 Å². The van der Waals surface area contributed by atoms with Crippen molar-refractivity contribution in [1.82, 2.24) is 24.8 Å². The van der Waals surface area contributed by atoms with Gasteiger partial charge in [-0.05, 0) is 24.8 Å². The van der Waals surface area contributed by atoms with E-state index in [0.29, 0.717) is 0 Å². The highest BCUT2D eigenvalue weighted by atomic mass is 15.3. The van der Waals surface area contributed by atoms with Crippen molar-refractivity contribution in [3.05, 3.63) is 42.4 Å². The van der Waals surface area contributed by atoms with Crippen LogP contribution >= 0.6 is 0 Å². The van der Waals surface area contributed by atoms with Gasteiger partial charge in [-0.25, -0.2) is 19.9 Å². The minimum Gasteiger partial charge on any atom is -0.356 e. The molecule has 2 fully saturated rings. The van der Waals surface area contributed by atoms with Crippen LogP contribution in [0.25, 0.3) is 0 Å². The third-order valence-electron chi connectivity index (χ3n) is 4.66. The molecule has 2 aromatic rings. The second-order valence-electron chi connectivity index (χ2n) is 6.30. The smallest absolute Gasteiger partial charge is 0.142 e. The normalized spacial score (nSPS) is 24.7. The van der Waals surface area contributed by atoms with Crippen LogP contribution in [0.2, 0.25) is 0 Å². The minimum absolute atomic E-state index is 0.721. The van der Waals surface area contributed by atoms with Crippen LogP contribution in [0, 0.1) is 18.8 Å². The lowest BCUT2D eigenvalue weighted by Crippen LogP contribution is -2.29. The summed E-state index contributed by atoms with van der Waals surface area (Å²) in [5.41, 5.74) is 1.03. The van der Waals surface area contributed by atoms with Gasteiger partial charge in [-0.1, -0.05) is 0 Å². The Morgan fingerprint density at radius 3 is 2.41 bits per heavy atom. The average Bonchev–Trinajstić information content (AvgIpc) is 3.06. The van der Waals surface area contributed by atoms with Crippen LogP contribution in [-0.2, 0) is 6.54 Å². The molecular weight excluding hydrogens is 276 g/mol. The van der Waals surface area contributed by atoms with Crippen LogP contribution in [0.15, 0.2) is 30.9 Å². The number of aryl methyl sites for hydroxylation is 1. The number of likely N-dealkylation sites (tertiary alicyclic amines) is 1. The van der Waals surface area contributed by atoms with Gasteiger partial charge in [-0.3, -0.25) is 4.90 Å². The quantitative estimate of drug-likeness (QED) is 0.846. The van der Waals surface area contributed by atoms with E-state index in [-0.39, 0.29) is 0 Å². The molecule has 0 aliphatic carbocycles. The van der Waals surface area contributed by atoms with Gasteiger partial charge in [-0.2, -0.15) is 0 Å².